The molecule has 6 heteroatoms. The van der Waals surface area contributed by atoms with E-state index < -0.39 is 23.0 Å². The van der Waals surface area contributed by atoms with Crippen molar-refractivity contribution in [1.82, 2.24) is 0 Å². The lowest BCUT2D eigenvalue weighted by atomic mass is 10.1. The number of benzene rings is 1. The quantitative estimate of drug-likeness (QED) is 0.512. The number of amides is 1. The summed E-state index contributed by atoms with van der Waals surface area (Å²) in [7, 11) is 1.24. The number of nitrogens with one attached hydrogen (secondary N) is 1. The Morgan fingerprint density at radius 1 is 1.28 bits per heavy atom. The number of hydrogen-bond donors (Lipinski definition) is 1. The lowest BCUT2D eigenvalue weighted by Gasteiger charge is -2.11. The van der Waals surface area contributed by atoms with Crippen LogP contribution in [0.1, 0.15) is 17.3 Å². The highest BCUT2D eigenvalue weighted by Crippen LogP contribution is 2.17. The van der Waals surface area contributed by atoms with Crippen LogP contribution in [0.15, 0.2) is 24.3 Å². The van der Waals surface area contributed by atoms with E-state index in [2.05, 4.69) is 10.1 Å². The molecule has 0 saturated heterocycles. The van der Waals surface area contributed by atoms with Crippen molar-refractivity contribution in [2.24, 2.45) is 0 Å². The van der Waals surface area contributed by atoms with Crippen LogP contribution in [0.25, 0.3) is 0 Å². The normalized spacial score (nSPS) is 11.5. The van der Waals surface area contributed by atoms with E-state index >= 15 is 0 Å². The molecule has 0 aliphatic heterocycles. The average molecular weight is 270 g/mol. The van der Waals surface area contributed by atoms with E-state index in [1.54, 1.807) is 12.1 Å². The molecule has 0 fully saturated rings. The minimum absolute atomic E-state index is 0.195. The smallest absolute Gasteiger partial charge is 0.339 e. The van der Waals surface area contributed by atoms with Crippen molar-refractivity contribution in [3.63, 3.8) is 0 Å². The summed E-state index contributed by atoms with van der Waals surface area (Å²) in [5, 5.41) is 1.13. The first-order valence-corrected chi connectivity index (χ1v) is 5.53. The number of methoxy groups -OCH3 is 1. The molecule has 1 aromatic carbocycles. The molecule has 0 aromatic heterocycles. The molecule has 5 nitrogen and oxygen atoms in total. The van der Waals surface area contributed by atoms with Crippen LogP contribution >= 0.6 is 11.6 Å². The number of rotatable bonds is 4. The van der Waals surface area contributed by atoms with Gasteiger partial charge in [-0.2, -0.15) is 0 Å². The highest BCUT2D eigenvalue weighted by molar-refractivity contribution is 6.43. The number of esters is 1. The topological polar surface area (TPSA) is 72.5 Å². The van der Waals surface area contributed by atoms with Crippen LogP contribution in [-0.4, -0.2) is 30.1 Å². The highest BCUT2D eigenvalue weighted by Gasteiger charge is 2.22. The number of para-hydroxylation sites is 1. The SMILES string of the molecule is COC(=O)c1ccccc1NC(=O)C(Cl)C(C)=O. The van der Waals surface area contributed by atoms with Gasteiger partial charge in [0.05, 0.1) is 18.4 Å². The summed E-state index contributed by atoms with van der Waals surface area (Å²) in [5.74, 6) is -1.73. The molecule has 1 amide bonds. The van der Waals surface area contributed by atoms with Crippen LogP contribution in [0.5, 0.6) is 0 Å². The molecule has 1 N–H and O–H groups in total. The van der Waals surface area contributed by atoms with Crippen LogP contribution in [0.2, 0.25) is 0 Å². The fraction of sp³-hybridized carbons (Fsp3) is 0.250. The van der Waals surface area contributed by atoms with Crippen molar-refractivity contribution >= 4 is 34.9 Å². The Hall–Kier alpha value is -1.88. The zero-order valence-corrected chi connectivity index (χ0v) is 10.7. The number of ketones is 1. The zero-order valence-electron chi connectivity index (χ0n) is 9.90. The van der Waals surface area contributed by atoms with Crippen molar-refractivity contribution in [2.75, 3.05) is 12.4 Å². The average Bonchev–Trinajstić information content (AvgIpc) is 2.37. The molecule has 96 valence electrons. The van der Waals surface area contributed by atoms with Gasteiger partial charge in [-0.25, -0.2) is 4.79 Å². The standard InChI is InChI=1S/C12H12ClNO4/c1-7(15)10(13)11(16)14-9-6-4-3-5-8(9)12(17)18-2/h3-6,10H,1-2H3,(H,14,16). The van der Waals surface area contributed by atoms with Gasteiger partial charge >= 0.3 is 5.97 Å². The molecule has 1 unspecified atom stereocenters. The molecule has 0 bridgehead atoms. The monoisotopic (exact) mass is 269 g/mol. The lowest BCUT2D eigenvalue weighted by Crippen LogP contribution is -2.29. The molecule has 0 saturated carbocycles. The van der Waals surface area contributed by atoms with Crippen LogP contribution < -0.4 is 5.32 Å². The molecule has 1 atom stereocenters. The maximum Gasteiger partial charge on any atom is 0.339 e. The van der Waals surface area contributed by atoms with Gasteiger partial charge in [0, 0.05) is 0 Å². The van der Waals surface area contributed by atoms with Gasteiger partial charge in [0.1, 0.15) is 0 Å². The van der Waals surface area contributed by atoms with E-state index in [0.717, 1.165) is 0 Å². The molecular formula is C12H12ClNO4. The molecule has 0 aliphatic rings. The Bertz CT molecular complexity index is 487. The van der Waals surface area contributed by atoms with Crippen molar-refractivity contribution in [1.29, 1.82) is 0 Å². The summed E-state index contributed by atoms with van der Waals surface area (Å²) in [6.45, 7) is 1.21. The predicted molar refractivity (Wildman–Crippen MR) is 66.7 cm³/mol. The summed E-state index contributed by atoms with van der Waals surface area (Å²) < 4.78 is 4.58. The summed E-state index contributed by atoms with van der Waals surface area (Å²) in [6, 6.07) is 6.29. The van der Waals surface area contributed by atoms with Gasteiger partial charge in [-0.05, 0) is 19.1 Å². The molecule has 1 rings (SSSR count). The highest BCUT2D eigenvalue weighted by atomic mass is 35.5. The largest absolute Gasteiger partial charge is 0.465 e. The zero-order chi connectivity index (χ0) is 13.7. The molecule has 18 heavy (non-hydrogen) atoms. The van der Waals surface area contributed by atoms with Gasteiger partial charge in [-0.15, -0.1) is 11.6 Å². The van der Waals surface area contributed by atoms with Gasteiger partial charge in [0.25, 0.3) is 0 Å². The number of hydrogen-bond acceptors (Lipinski definition) is 4. The Kier molecular flexibility index (Phi) is 4.85. The van der Waals surface area contributed by atoms with E-state index in [9.17, 15) is 14.4 Å². The van der Waals surface area contributed by atoms with Crippen LogP contribution in [0.3, 0.4) is 0 Å². The minimum Gasteiger partial charge on any atom is -0.465 e. The molecule has 0 radical (unpaired) electrons. The number of anilines is 1. The first-order chi connectivity index (χ1) is 8.47. The molecule has 1 aromatic rings. The summed E-state index contributed by atoms with van der Waals surface area (Å²) in [4.78, 5) is 34.0. The number of alkyl halides is 1. The van der Waals surface area contributed by atoms with E-state index in [1.807, 2.05) is 0 Å². The van der Waals surface area contributed by atoms with E-state index in [4.69, 9.17) is 11.6 Å². The summed E-state index contributed by atoms with van der Waals surface area (Å²) in [5.41, 5.74) is 0.446. The van der Waals surface area contributed by atoms with E-state index in [1.165, 1.54) is 26.2 Å². The Morgan fingerprint density at radius 3 is 2.44 bits per heavy atom. The van der Waals surface area contributed by atoms with Crippen molar-refractivity contribution in [2.45, 2.75) is 12.3 Å². The van der Waals surface area contributed by atoms with Gasteiger partial charge in [0.2, 0.25) is 5.91 Å². The second kappa shape index (κ2) is 6.16. The molecule has 0 heterocycles. The minimum atomic E-state index is -1.28. The molecule has 0 aliphatic carbocycles. The lowest BCUT2D eigenvalue weighted by molar-refractivity contribution is -0.123. The maximum atomic E-state index is 11.6. The second-order valence-electron chi connectivity index (χ2n) is 3.50. The van der Waals surface area contributed by atoms with Crippen molar-refractivity contribution in [3.05, 3.63) is 29.8 Å². The number of carbonyl (C=O) groups is 3. The molecular weight excluding hydrogens is 258 g/mol. The van der Waals surface area contributed by atoms with E-state index in [0.29, 0.717) is 0 Å². The summed E-state index contributed by atoms with van der Waals surface area (Å²) in [6.07, 6.45) is 0. The second-order valence-corrected chi connectivity index (χ2v) is 3.94. The maximum absolute atomic E-state index is 11.6. The third-order valence-electron chi connectivity index (χ3n) is 2.18. The summed E-state index contributed by atoms with van der Waals surface area (Å²) >= 11 is 5.60. The Morgan fingerprint density at radius 2 is 1.89 bits per heavy atom. The van der Waals surface area contributed by atoms with Crippen LogP contribution in [0, 0.1) is 0 Å². The number of carbonyl (C=O) groups excluding carboxylic acids is 3. The first kappa shape index (κ1) is 14.2. The van der Waals surface area contributed by atoms with Crippen molar-refractivity contribution < 1.29 is 19.1 Å². The fourth-order valence-corrected chi connectivity index (χ4v) is 1.32. The third-order valence-corrected chi connectivity index (χ3v) is 2.68. The van der Waals surface area contributed by atoms with Gasteiger partial charge in [-0.1, -0.05) is 12.1 Å². The van der Waals surface area contributed by atoms with Gasteiger partial charge < -0.3 is 10.1 Å². The van der Waals surface area contributed by atoms with Crippen LogP contribution in [0.4, 0.5) is 5.69 Å². The Labute approximate surface area is 109 Å². The Balaban J connectivity index is 2.94. The van der Waals surface area contributed by atoms with Crippen LogP contribution in [-0.2, 0) is 14.3 Å². The van der Waals surface area contributed by atoms with E-state index in [-0.39, 0.29) is 11.3 Å². The molecule has 0 spiro atoms. The van der Waals surface area contributed by atoms with Gasteiger partial charge in [0.15, 0.2) is 11.2 Å². The predicted octanol–water partition coefficient (Wildman–Crippen LogP) is 1.61. The number of Topliss-reactive ketones (excluding diaryl/α,β-unsaturated/α-hetero) is 1. The van der Waals surface area contributed by atoms with Crippen molar-refractivity contribution in [3.8, 4) is 0 Å². The first-order valence-electron chi connectivity index (χ1n) is 5.10. The number of halogens is 1. The number of ether oxygens (including phenoxy) is 1. The van der Waals surface area contributed by atoms with Gasteiger partial charge in [-0.3, -0.25) is 9.59 Å². The fourth-order valence-electron chi connectivity index (χ4n) is 1.26. The third kappa shape index (κ3) is 3.30.